The standard InChI is InChI=1S/C20H24N2O3S/c1-3-12-25-19-10-4-16(5-11-19)13-21-22-20(23)15-26-14-17-6-8-18(24-2)9-7-17/h4-11,13H,3,12,14-15H2,1-2H3,(H,22,23)/b21-13+. The highest BCUT2D eigenvalue weighted by Crippen LogP contribution is 2.16. The molecule has 5 nitrogen and oxygen atoms in total. The van der Waals surface area contributed by atoms with Gasteiger partial charge < -0.3 is 9.47 Å². The number of methoxy groups -OCH3 is 1. The van der Waals surface area contributed by atoms with Crippen LogP contribution in [-0.2, 0) is 10.5 Å². The molecule has 0 saturated heterocycles. The Balaban J connectivity index is 1.68. The fourth-order valence-corrected chi connectivity index (χ4v) is 2.84. The first-order valence-electron chi connectivity index (χ1n) is 8.46. The predicted molar refractivity (Wildman–Crippen MR) is 107 cm³/mol. The van der Waals surface area contributed by atoms with Gasteiger partial charge in [0.05, 0.1) is 25.7 Å². The van der Waals surface area contributed by atoms with E-state index < -0.39 is 0 Å². The molecule has 0 aliphatic carbocycles. The Bertz CT molecular complexity index is 700. The van der Waals surface area contributed by atoms with Crippen molar-refractivity contribution in [3.8, 4) is 11.5 Å². The Labute approximate surface area is 158 Å². The summed E-state index contributed by atoms with van der Waals surface area (Å²) >= 11 is 1.54. The van der Waals surface area contributed by atoms with Crippen molar-refractivity contribution in [3.05, 3.63) is 59.7 Å². The van der Waals surface area contributed by atoms with E-state index in [4.69, 9.17) is 9.47 Å². The summed E-state index contributed by atoms with van der Waals surface area (Å²) in [4.78, 5) is 11.8. The van der Waals surface area contributed by atoms with Crippen molar-refractivity contribution in [2.45, 2.75) is 19.1 Å². The van der Waals surface area contributed by atoms with Gasteiger partial charge in [0.15, 0.2) is 0 Å². The van der Waals surface area contributed by atoms with Crippen LogP contribution in [0.4, 0.5) is 0 Å². The number of nitrogens with zero attached hydrogens (tertiary/aromatic N) is 1. The lowest BCUT2D eigenvalue weighted by Crippen LogP contribution is -2.19. The number of rotatable bonds is 10. The molecule has 0 bridgehead atoms. The molecule has 0 radical (unpaired) electrons. The smallest absolute Gasteiger partial charge is 0.250 e. The Hall–Kier alpha value is -2.47. The van der Waals surface area contributed by atoms with E-state index in [2.05, 4.69) is 17.5 Å². The van der Waals surface area contributed by atoms with Crippen molar-refractivity contribution in [1.29, 1.82) is 0 Å². The molecule has 0 atom stereocenters. The van der Waals surface area contributed by atoms with E-state index in [-0.39, 0.29) is 5.91 Å². The molecule has 2 aromatic rings. The van der Waals surface area contributed by atoms with Crippen LogP contribution >= 0.6 is 11.8 Å². The van der Waals surface area contributed by atoms with Gasteiger partial charge in [-0.05, 0) is 53.9 Å². The van der Waals surface area contributed by atoms with Crippen molar-refractivity contribution in [1.82, 2.24) is 5.43 Å². The van der Waals surface area contributed by atoms with E-state index in [1.54, 1.807) is 25.1 Å². The number of amides is 1. The molecule has 0 aliphatic heterocycles. The number of thioether (sulfide) groups is 1. The first-order chi connectivity index (χ1) is 12.7. The van der Waals surface area contributed by atoms with Crippen LogP contribution in [0, 0.1) is 0 Å². The van der Waals surface area contributed by atoms with Crippen molar-refractivity contribution >= 4 is 23.9 Å². The zero-order chi connectivity index (χ0) is 18.6. The summed E-state index contributed by atoms with van der Waals surface area (Å²) in [5.41, 5.74) is 4.60. The van der Waals surface area contributed by atoms with Crippen LogP contribution in [0.2, 0.25) is 0 Å². The summed E-state index contributed by atoms with van der Waals surface area (Å²) in [6, 6.07) is 15.4. The minimum Gasteiger partial charge on any atom is -0.497 e. The van der Waals surface area contributed by atoms with Crippen LogP contribution in [0.15, 0.2) is 53.6 Å². The van der Waals surface area contributed by atoms with Gasteiger partial charge in [-0.15, -0.1) is 11.8 Å². The van der Waals surface area contributed by atoms with Crippen LogP contribution in [0.1, 0.15) is 24.5 Å². The highest BCUT2D eigenvalue weighted by Gasteiger charge is 2.01. The van der Waals surface area contributed by atoms with Crippen molar-refractivity contribution < 1.29 is 14.3 Å². The average Bonchev–Trinajstić information content (AvgIpc) is 2.68. The summed E-state index contributed by atoms with van der Waals surface area (Å²) in [5.74, 6) is 2.66. The fourth-order valence-electron chi connectivity index (χ4n) is 2.06. The van der Waals surface area contributed by atoms with Crippen molar-refractivity contribution in [2.24, 2.45) is 5.10 Å². The predicted octanol–water partition coefficient (Wildman–Crippen LogP) is 3.87. The van der Waals surface area contributed by atoms with E-state index >= 15 is 0 Å². The number of nitrogens with one attached hydrogen (secondary N) is 1. The van der Waals surface area contributed by atoms with E-state index in [0.29, 0.717) is 12.4 Å². The lowest BCUT2D eigenvalue weighted by atomic mass is 10.2. The van der Waals surface area contributed by atoms with Crippen molar-refractivity contribution in [3.63, 3.8) is 0 Å². The Kier molecular flexibility index (Phi) is 8.55. The van der Waals surface area contributed by atoms with Gasteiger partial charge in [-0.3, -0.25) is 4.79 Å². The second-order valence-corrected chi connectivity index (χ2v) is 6.54. The minimum absolute atomic E-state index is 0.123. The Morgan fingerprint density at radius 1 is 1.12 bits per heavy atom. The first kappa shape index (κ1) is 19.8. The van der Waals surface area contributed by atoms with Gasteiger partial charge in [0.1, 0.15) is 11.5 Å². The van der Waals surface area contributed by atoms with Crippen LogP contribution in [0.5, 0.6) is 11.5 Å². The molecule has 0 aliphatic rings. The molecular weight excluding hydrogens is 348 g/mol. The fraction of sp³-hybridized carbons (Fsp3) is 0.300. The number of hydrogen-bond donors (Lipinski definition) is 1. The van der Waals surface area contributed by atoms with Gasteiger partial charge in [0, 0.05) is 5.75 Å². The number of carbonyl (C=O) groups is 1. The molecule has 0 saturated carbocycles. The summed E-state index contributed by atoms with van der Waals surface area (Å²) in [6.07, 6.45) is 2.60. The normalized spacial score (nSPS) is 10.7. The Morgan fingerprint density at radius 2 is 1.81 bits per heavy atom. The van der Waals surface area contributed by atoms with Crippen molar-refractivity contribution in [2.75, 3.05) is 19.5 Å². The lowest BCUT2D eigenvalue weighted by molar-refractivity contribution is -0.118. The highest BCUT2D eigenvalue weighted by atomic mass is 32.2. The zero-order valence-corrected chi connectivity index (χ0v) is 15.9. The maximum absolute atomic E-state index is 11.8. The molecular formula is C20H24N2O3S. The molecule has 0 spiro atoms. The second-order valence-electron chi connectivity index (χ2n) is 5.55. The molecule has 1 N–H and O–H groups in total. The quantitative estimate of drug-likeness (QED) is 0.508. The number of carbonyl (C=O) groups excluding carboxylic acids is 1. The summed E-state index contributed by atoms with van der Waals surface area (Å²) in [5, 5.41) is 3.99. The zero-order valence-electron chi connectivity index (χ0n) is 15.1. The van der Waals surface area contributed by atoms with Gasteiger partial charge in [-0.25, -0.2) is 5.43 Å². The summed E-state index contributed by atoms with van der Waals surface area (Å²) in [6.45, 7) is 2.77. The average molecular weight is 372 g/mol. The van der Waals surface area contributed by atoms with Gasteiger partial charge in [0.25, 0.3) is 0 Å². The Morgan fingerprint density at radius 3 is 2.46 bits per heavy atom. The van der Waals surface area contributed by atoms with E-state index in [0.717, 1.165) is 34.8 Å². The van der Waals surface area contributed by atoms with Gasteiger partial charge in [0.2, 0.25) is 5.91 Å². The van der Waals surface area contributed by atoms with Gasteiger partial charge in [-0.2, -0.15) is 5.10 Å². The van der Waals surface area contributed by atoms with Crippen LogP contribution in [-0.4, -0.2) is 31.6 Å². The van der Waals surface area contributed by atoms with E-state index in [9.17, 15) is 4.79 Å². The third-order valence-corrected chi connectivity index (χ3v) is 4.42. The minimum atomic E-state index is -0.123. The number of benzene rings is 2. The molecule has 0 unspecified atom stereocenters. The van der Waals surface area contributed by atoms with Crippen LogP contribution in [0.3, 0.4) is 0 Å². The second kappa shape index (κ2) is 11.2. The molecule has 0 aromatic heterocycles. The summed E-state index contributed by atoms with van der Waals surface area (Å²) < 4.78 is 10.6. The van der Waals surface area contributed by atoms with Gasteiger partial charge >= 0.3 is 0 Å². The molecule has 26 heavy (non-hydrogen) atoms. The van der Waals surface area contributed by atoms with Crippen LogP contribution in [0.25, 0.3) is 0 Å². The topological polar surface area (TPSA) is 59.9 Å². The van der Waals surface area contributed by atoms with E-state index in [1.807, 2.05) is 48.5 Å². The third-order valence-electron chi connectivity index (χ3n) is 3.42. The molecule has 0 heterocycles. The maximum atomic E-state index is 11.8. The molecule has 2 rings (SSSR count). The summed E-state index contributed by atoms with van der Waals surface area (Å²) in [7, 11) is 1.64. The van der Waals surface area contributed by atoms with Gasteiger partial charge in [-0.1, -0.05) is 19.1 Å². The number of hydrogen-bond acceptors (Lipinski definition) is 5. The SMILES string of the molecule is CCCOc1ccc(/C=N/NC(=O)CSCc2ccc(OC)cc2)cc1. The molecule has 0 fully saturated rings. The number of hydrazone groups is 1. The highest BCUT2D eigenvalue weighted by molar-refractivity contribution is 7.99. The number of ether oxygens (including phenoxy) is 2. The van der Waals surface area contributed by atoms with E-state index in [1.165, 1.54) is 0 Å². The third kappa shape index (κ3) is 7.19. The molecule has 6 heteroatoms. The first-order valence-corrected chi connectivity index (χ1v) is 9.62. The monoisotopic (exact) mass is 372 g/mol. The molecule has 2 aromatic carbocycles. The maximum Gasteiger partial charge on any atom is 0.250 e. The molecule has 138 valence electrons. The van der Waals surface area contributed by atoms with Crippen LogP contribution < -0.4 is 14.9 Å². The largest absolute Gasteiger partial charge is 0.497 e. The lowest BCUT2D eigenvalue weighted by Gasteiger charge is -2.04. The molecule has 1 amide bonds.